The summed E-state index contributed by atoms with van der Waals surface area (Å²) in [4.78, 5) is 29.0. The monoisotopic (exact) mass is 574 g/mol. The molecule has 7 rings (SSSR count). The van der Waals surface area contributed by atoms with Crippen LogP contribution in [0, 0.1) is 23.2 Å². The van der Waals surface area contributed by atoms with Gasteiger partial charge in [-0.15, -0.1) is 0 Å². The van der Waals surface area contributed by atoms with Crippen molar-refractivity contribution in [1.82, 2.24) is 39.7 Å². The predicted molar refractivity (Wildman–Crippen MR) is 158 cm³/mol. The Hall–Kier alpha value is -5.31. The molecule has 1 amide bonds. The highest BCUT2D eigenvalue weighted by Crippen LogP contribution is 2.45. The van der Waals surface area contributed by atoms with E-state index in [0.29, 0.717) is 40.1 Å². The van der Waals surface area contributed by atoms with Crippen LogP contribution in [0.5, 0.6) is 5.75 Å². The number of rotatable bonds is 6. The number of ether oxygens (including phenoxy) is 1. The Morgan fingerprint density at radius 2 is 1.86 bits per heavy atom. The van der Waals surface area contributed by atoms with Crippen molar-refractivity contribution in [2.24, 2.45) is 18.9 Å². The third kappa shape index (κ3) is 4.82. The first-order chi connectivity index (χ1) is 20.8. The van der Waals surface area contributed by atoms with E-state index < -0.39 is 0 Å². The molecule has 12 heteroatoms. The van der Waals surface area contributed by atoms with E-state index in [0.717, 1.165) is 48.4 Å². The summed E-state index contributed by atoms with van der Waals surface area (Å²) in [5.74, 6) is 2.12. The van der Waals surface area contributed by atoms with Crippen LogP contribution in [-0.4, -0.2) is 66.0 Å². The second-order valence-corrected chi connectivity index (χ2v) is 11.7. The first-order valence-electron chi connectivity index (χ1n) is 14.1. The van der Waals surface area contributed by atoms with Crippen LogP contribution in [0.1, 0.15) is 35.8 Å². The fourth-order valence-corrected chi connectivity index (χ4v) is 6.68. The molecule has 12 nitrogen and oxygen atoms in total. The van der Waals surface area contributed by atoms with Gasteiger partial charge in [0, 0.05) is 67.0 Å². The second kappa shape index (κ2) is 10.2. The lowest BCUT2D eigenvalue weighted by Gasteiger charge is -2.28. The minimum atomic E-state index is -0.298. The molecule has 0 bridgehead atoms. The van der Waals surface area contributed by atoms with Gasteiger partial charge in [-0.2, -0.15) is 15.5 Å². The smallest absolute Gasteiger partial charge is 0.270 e. The van der Waals surface area contributed by atoms with Crippen molar-refractivity contribution >= 4 is 17.2 Å². The molecule has 0 unspecified atom stereocenters. The first kappa shape index (κ1) is 26.6. The molecular formula is C31H30N10O2. The van der Waals surface area contributed by atoms with Gasteiger partial charge in [-0.05, 0) is 43.7 Å². The summed E-state index contributed by atoms with van der Waals surface area (Å²) in [6.45, 7) is 3.82. The van der Waals surface area contributed by atoms with Crippen molar-refractivity contribution < 1.29 is 9.53 Å². The fourth-order valence-electron chi connectivity index (χ4n) is 6.68. The number of aryl methyl sites for hydroxylation is 1. The molecule has 0 spiro atoms. The number of carbonyl (C=O) groups excluding carboxylic acids is 1. The summed E-state index contributed by atoms with van der Waals surface area (Å²) >= 11 is 0. The lowest BCUT2D eigenvalue weighted by molar-refractivity contribution is 0.0899. The van der Waals surface area contributed by atoms with Crippen LogP contribution >= 0.6 is 0 Å². The van der Waals surface area contributed by atoms with E-state index in [4.69, 9.17) is 14.7 Å². The number of fused-ring (bicyclic) bond motifs is 2. The number of amides is 1. The average Bonchev–Trinajstić information content (AvgIpc) is 3.79. The number of carbonyl (C=O) groups is 1. The molecule has 2 aliphatic rings. The lowest BCUT2D eigenvalue weighted by atomic mass is 9.97. The number of hydrogen-bond donors (Lipinski definition) is 1. The molecule has 0 radical (unpaired) electrons. The van der Waals surface area contributed by atoms with Gasteiger partial charge in [0.15, 0.2) is 0 Å². The van der Waals surface area contributed by atoms with E-state index in [-0.39, 0.29) is 11.4 Å². The summed E-state index contributed by atoms with van der Waals surface area (Å²) in [5, 5.41) is 21.7. The quantitative estimate of drug-likeness (QED) is 0.323. The largest absolute Gasteiger partial charge is 0.497 e. The Kier molecular flexibility index (Phi) is 6.30. The second-order valence-electron chi connectivity index (χ2n) is 11.7. The minimum Gasteiger partial charge on any atom is -0.497 e. The van der Waals surface area contributed by atoms with Gasteiger partial charge < -0.3 is 15.0 Å². The van der Waals surface area contributed by atoms with Crippen LogP contribution in [0.25, 0.3) is 27.9 Å². The number of hydrogen-bond acceptors (Lipinski definition) is 9. The van der Waals surface area contributed by atoms with Gasteiger partial charge >= 0.3 is 0 Å². The van der Waals surface area contributed by atoms with Crippen molar-refractivity contribution in [2.45, 2.75) is 25.3 Å². The van der Waals surface area contributed by atoms with Crippen LogP contribution in [-0.2, 0) is 7.05 Å². The number of nitrogens with one attached hydrogen (secondary N) is 1. The van der Waals surface area contributed by atoms with Crippen molar-refractivity contribution in [1.29, 1.82) is 5.26 Å². The maximum Gasteiger partial charge on any atom is 0.270 e. The van der Waals surface area contributed by atoms with Crippen LogP contribution in [0.15, 0.2) is 61.6 Å². The van der Waals surface area contributed by atoms with Gasteiger partial charge in [0.2, 0.25) is 0 Å². The predicted octanol–water partition coefficient (Wildman–Crippen LogP) is 3.50. The van der Waals surface area contributed by atoms with Gasteiger partial charge in [-0.25, -0.2) is 9.50 Å². The maximum atomic E-state index is 13.0. The fraction of sp³-hybridized carbons (Fsp3) is 0.323. The molecule has 1 saturated heterocycles. The number of nitrogens with zero attached hydrogens (tertiary/aromatic N) is 9. The molecule has 6 heterocycles. The zero-order valence-corrected chi connectivity index (χ0v) is 24.1. The SMILES string of the molecule is COc1ccnc(C(=O)N[C@]2(C)C[C@H]3CN(c4cnc(-c5cc(-c6cnn(C)c6)cn6ncc(C#N)c56)cn4)C[C@H]3C2)c1. The standard InChI is InChI=1S/C31H30N10O2/c1-31(38-30(42)26-7-24(43-3)4-5-33-26)8-20-16-40(17-21(20)9-31)28-14-34-27(13-35-28)25-6-19(23-12-36-39(2)15-23)18-41-29(25)22(10-32)11-37-41/h4-7,11-15,18,20-21H,8-9,16-17H2,1-3H3,(H,38,42)/t20-,21+,31+. The Morgan fingerprint density at radius 1 is 1.05 bits per heavy atom. The number of nitriles is 1. The van der Waals surface area contributed by atoms with Crippen LogP contribution in [0.2, 0.25) is 0 Å². The highest BCUT2D eigenvalue weighted by molar-refractivity contribution is 5.93. The van der Waals surface area contributed by atoms with E-state index in [2.05, 4.69) is 38.4 Å². The Labute approximate surface area is 248 Å². The van der Waals surface area contributed by atoms with Gasteiger partial charge in [-0.1, -0.05) is 0 Å². The topological polar surface area (TPSA) is 139 Å². The molecular weight excluding hydrogens is 544 g/mol. The highest BCUT2D eigenvalue weighted by Gasteiger charge is 2.47. The van der Waals surface area contributed by atoms with Crippen molar-refractivity contribution in [3.63, 3.8) is 0 Å². The average molecular weight is 575 g/mol. The normalized spacial score (nSPS) is 21.1. The molecule has 1 saturated carbocycles. The van der Waals surface area contributed by atoms with Gasteiger partial charge in [0.05, 0.1) is 48.7 Å². The van der Waals surface area contributed by atoms with E-state index >= 15 is 0 Å². The number of pyridine rings is 2. The van der Waals surface area contributed by atoms with Crippen molar-refractivity contribution in [3.05, 3.63) is 72.8 Å². The summed E-state index contributed by atoms with van der Waals surface area (Å²) < 4.78 is 8.70. The molecule has 2 fully saturated rings. The number of anilines is 1. The van der Waals surface area contributed by atoms with E-state index in [1.165, 1.54) is 0 Å². The van der Waals surface area contributed by atoms with E-state index in [1.807, 2.05) is 31.7 Å². The molecule has 3 atom stereocenters. The van der Waals surface area contributed by atoms with Gasteiger partial charge in [0.1, 0.15) is 23.3 Å². The lowest BCUT2D eigenvalue weighted by Crippen LogP contribution is -2.45. The molecule has 43 heavy (non-hydrogen) atoms. The van der Waals surface area contributed by atoms with E-state index in [9.17, 15) is 10.1 Å². The Bertz CT molecular complexity index is 1870. The van der Waals surface area contributed by atoms with Gasteiger partial charge in [0.25, 0.3) is 5.91 Å². The highest BCUT2D eigenvalue weighted by atomic mass is 16.5. The maximum absolute atomic E-state index is 13.0. The van der Waals surface area contributed by atoms with Crippen molar-refractivity contribution in [3.8, 4) is 34.2 Å². The Balaban J connectivity index is 1.08. The summed E-state index contributed by atoms with van der Waals surface area (Å²) in [6.07, 6.45) is 14.1. The van der Waals surface area contributed by atoms with Gasteiger partial charge in [-0.3, -0.25) is 19.4 Å². The zero-order chi connectivity index (χ0) is 29.7. The molecule has 1 aliphatic heterocycles. The summed E-state index contributed by atoms with van der Waals surface area (Å²) in [5.41, 5.74) is 4.53. The first-order valence-corrected chi connectivity index (χ1v) is 14.1. The van der Waals surface area contributed by atoms with Crippen LogP contribution in [0.4, 0.5) is 5.82 Å². The zero-order valence-electron chi connectivity index (χ0n) is 24.1. The molecule has 0 aromatic carbocycles. The van der Waals surface area contributed by atoms with Crippen LogP contribution < -0.4 is 15.0 Å². The summed E-state index contributed by atoms with van der Waals surface area (Å²) in [6, 6.07) is 7.64. The van der Waals surface area contributed by atoms with E-state index in [1.54, 1.807) is 53.2 Å². The third-order valence-electron chi connectivity index (χ3n) is 8.63. The minimum absolute atomic E-state index is 0.181. The van der Waals surface area contributed by atoms with Crippen LogP contribution in [0.3, 0.4) is 0 Å². The summed E-state index contributed by atoms with van der Waals surface area (Å²) in [7, 11) is 3.45. The van der Waals surface area contributed by atoms with Crippen molar-refractivity contribution in [2.75, 3.05) is 25.1 Å². The Morgan fingerprint density at radius 3 is 2.53 bits per heavy atom. The molecule has 5 aromatic rings. The third-order valence-corrected chi connectivity index (χ3v) is 8.63. The molecule has 5 aromatic heterocycles. The molecule has 1 aliphatic carbocycles. The molecule has 216 valence electrons. The number of aromatic nitrogens is 7. The molecule has 1 N–H and O–H groups in total. The number of methoxy groups -OCH3 is 1.